The first-order chi connectivity index (χ1) is 13.8. The molecule has 150 valence electrons. The SMILES string of the molecule is O=[N+]([O-])c1c(NCc2ccc(Cl)cc2)ncnc1Nc1ccccc1C(F)(F)F. The molecule has 0 bridgehead atoms. The molecule has 0 aliphatic carbocycles. The molecule has 0 aliphatic heterocycles. The van der Waals surface area contributed by atoms with E-state index in [2.05, 4.69) is 20.6 Å². The Morgan fingerprint density at radius 2 is 1.69 bits per heavy atom. The number of alkyl halides is 3. The molecule has 0 fully saturated rings. The van der Waals surface area contributed by atoms with Crippen molar-refractivity contribution in [3.63, 3.8) is 0 Å². The predicted molar refractivity (Wildman–Crippen MR) is 102 cm³/mol. The maximum Gasteiger partial charge on any atom is 0.418 e. The van der Waals surface area contributed by atoms with Crippen molar-refractivity contribution in [1.29, 1.82) is 0 Å². The maximum atomic E-state index is 13.2. The number of hydrogen-bond donors (Lipinski definition) is 2. The van der Waals surface area contributed by atoms with Gasteiger partial charge in [0.05, 0.1) is 16.2 Å². The minimum atomic E-state index is -4.64. The van der Waals surface area contributed by atoms with Crippen molar-refractivity contribution in [1.82, 2.24) is 9.97 Å². The van der Waals surface area contributed by atoms with Crippen molar-refractivity contribution < 1.29 is 18.1 Å². The molecular formula is C18H13ClF3N5O2. The van der Waals surface area contributed by atoms with E-state index < -0.39 is 22.4 Å². The van der Waals surface area contributed by atoms with Gasteiger partial charge in [-0.25, -0.2) is 9.97 Å². The average Bonchev–Trinajstić information content (AvgIpc) is 2.67. The molecule has 0 amide bonds. The Bertz CT molecular complexity index is 1030. The fourth-order valence-corrected chi connectivity index (χ4v) is 2.65. The maximum absolute atomic E-state index is 13.2. The Morgan fingerprint density at radius 3 is 2.34 bits per heavy atom. The number of halogens is 4. The van der Waals surface area contributed by atoms with Gasteiger partial charge >= 0.3 is 11.9 Å². The Morgan fingerprint density at radius 1 is 1.03 bits per heavy atom. The fourth-order valence-electron chi connectivity index (χ4n) is 2.53. The lowest BCUT2D eigenvalue weighted by molar-refractivity contribution is -0.383. The molecule has 0 saturated heterocycles. The van der Waals surface area contributed by atoms with Crippen molar-refractivity contribution in [2.24, 2.45) is 0 Å². The lowest BCUT2D eigenvalue weighted by Crippen LogP contribution is -2.11. The molecule has 1 heterocycles. The van der Waals surface area contributed by atoms with Gasteiger partial charge in [0.1, 0.15) is 6.33 Å². The van der Waals surface area contributed by atoms with Crippen LogP contribution in [0.25, 0.3) is 0 Å². The van der Waals surface area contributed by atoms with E-state index in [0.717, 1.165) is 24.0 Å². The highest BCUT2D eigenvalue weighted by Crippen LogP contribution is 2.38. The van der Waals surface area contributed by atoms with E-state index in [9.17, 15) is 23.3 Å². The van der Waals surface area contributed by atoms with Crippen LogP contribution < -0.4 is 10.6 Å². The minimum Gasteiger partial charge on any atom is -0.360 e. The number of aromatic nitrogens is 2. The molecule has 0 spiro atoms. The molecule has 0 saturated carbocycles. The molecule has 1 aromatic heterocycles. The average molecular weight is 424 g/mol. The Kier molecular flexibility index (Phi) is 5.83. The minimum absolute atomic E-state index is 0.132. The number of para-hydroxylation sites is 1. The predicted octanol–water partition coefficient (Wildman–Crippen LogP) is 5.41. The van der Waals surface area contributed by atoms with Gasteiger partial charge in [-0.2, -0.15) is 13.2 Å². The van der Waals surface area contributed by atoms with Gasteiger partial charge in [-0.3, -0.25) is 10.1 Å². The molecule has 0 radical (unpaired) electrons. The summed E-state index contributed by atoms with van der Waals surface area (Å²) in [5, 5.41) is 17.3. The van der Waals surface area contributed by atoms with E-state index in [-0.39, 0.29) is 23.9 Å². The van der Waals surface area contributed by atoms with E-state index in [1.807, 2.05) is 0 Å². The van der Waals surface area contributed by atoms with Crippen LogP contribution in [0.3, 0.4) is 0 Å². The van der Waals surface area contributed by atoms with Crippen molar-refractivity contribution >= 4 is 34.6 Å². The molecule has 2 N–H and O–H groups in total. The van der Waals surface area contributed by atoms with Crippen LogP contribution in [0, 0.1) is 10.1 Å². The summed E-state index contributed by atoms with van der Waals surface area (Å²) in [6.45, 7) is 0.188. The highest BCUT2D eigenvalue weighted by molar-refractivity contribution is 6.30. The fraction of sp³-hybridized carbons (Fsp3) is 0.111. The Balaban J connectivity index is 1.92. The third kappa shape index (κ3) is 4.91. The second-order valence-corrected chi connectivity index (χ2v) is 6.26. The van der Waals surface area contributed by atoms with Gasteiger partial charge in [0.2, 0.25) is 11.6 Å². The number of nitrogens with one attached hydrogen (secondary N) is 2. The number of nitro groups is 1. The lowest BCUT2D eigenvalue weighted by Gasteiger charge is -2.14. The Labute approximate surface area is 167 Å². The number of anilines is 3. The third-order valence-electron chi connectivity index (χ3n) is 3.86. The van der Waals surface area contributed by atoms with E-state index in [4.69, 9.17) is 11.6 Å². The van der Waals surface area contributed by atoms with E-state index in [1.165, 1.54) is 12.1 Å². The Hall–Kier alpha value is -3.40. The molecular weight excluding hydrogens is 411 g/mol. The van der Waals surface area contributed by atoms with Gasteiger partial charge in [-0.1, -0.05) is 35.9 Å². The zero-order chi connectivity index (χ0) is 21.0. The van der Waals surface area contributed by atoms with Crippen molar-refractivity contribution in [3.05, 3.63) is 81.1 Å². The molecule has 0 atom stereocenters. The van der Waals surface area contributed by atoms with Crippen molar-refractivity contribution in [3.8, 4) is 0 Å². The zero-order valence-corrected chi connectivity index (χ0v) is 15.3. The lowest BCUT2D eigenvalue weighted by atomic mass is 10.1. The summed E-state index contributed by atoms with van der Waals surface area (Å²) in [6.07, 6.45) is -3.61. The highest BCUT2D eigenvalue weighted by Gasteiger charge is 2.34. The van der Waals surface area contributed by atoms with Crippen molar-refractivity contribution in [2.45, 2.75) is 12.7 Å². The molecule has 11 heteroatoms. The number of hydrogen-bond acceptors (Lipinski definition) is 6. The molecule has 0 unspecified atom stereocenters. The van der Waals surface area contributed by atoms with Crippen LogP contribution in [0.5, 0.6) is 0 Å². The number of nitrogens with zero attached hydrogens (tertiary/aromatic N) is 3. The normalized spacial score (nSPS) is 11.2. The summed E-state index contributed by atoms with van der Waals surface area (Å²) < 4.78 is 39.6. The number of rotatable bonds is 6. The monoisotopic (exact) mass is 423 g/mol. The third-order valence-corrected chi connectivity index (χ3v) is 4.12. The number of benzene rings is 2. The first kappa shape index (κ1) is 20.3. The second-order valence-electron chi connectivity index (χ2n) is 5.82. The largest absolute Gasteiger partial charge is 0.418 e. The molecule has 29 heavy (non-hydrogen) atoms. The first-order valence-electron chi connectivity index (χ1n) is 8.16. The van der Waals surface area contributed by atoms with Crippen LogP contribution >= 0.6 is 11.6 Å². The summed E-state index contributed by atoms with van der Waals surface area (Å²) in [4.78, 5) is 18.4. The van der Waals surface area contributed by atoms with Crippen LogP contribution in [0.4, 0.5) is 36.2 Å². The highest BCUT2D eigenvalue weighted by atomic mass is 35.5. The summed E-state index contributed by atoms with van der Waals surface area (Å²) in [7, 11) is 0. The first-order valence-corrected chi connectivity index (χ1v) is 8.54. The van der Waals surface area contributed by atoms with E-state index >= 15 is 0 Å². The summed E-state index contributed by atoms with van der Waals surface area (Å²) in [5.41, 5.74) is -1.12. The standard InChI is InChI=1S/C18H13ClF3N5O2/c19-12-7-5-11(6-8-12)9-23-16-15(27(28)29)17(25-10-24-16)26-14-4-2-1-3-13(14)18(20,21)22/h1-8,10H,9H2,(H2,23,24,25,26). The smallest absolute Gasteiger partial charge is 0.360 e. The second kappa shape index (κ2) is 8.31. The van der Waals surface area contributed by atoms with Gasteiger partial charge in [-0.05, 0) is 29.8 Å². The topological polar surface area (TPSA) is 93.0 Å². The van der Waals surface area contributed by atoms with Gasteiger partial charge in [0.25, 0.3) is 0 Å². The van der Waals surface area contributed by atoms with E-state index in [1.54, 1.807) is 24.3 Å². The van der Waals surface area contributed by atoms with Crippen molar-refractivity contribution in [2.75, 3.05) is 10.6 Å². The van der Waals surface area contributed by atoms with Crippen LogP contribution in [0.1, 0.15) is 11.1 Å². The molecule has 7 nitrogen and oxygen atoms in total. The van der Waals surface area contributed by atoms with Gasteiger partial charge in [-0.15, -0.1) is 0 Å². The van der Waals surface area contributed by atoms with Gasteiger partial charge < -0.3 is 10.6 Å². The van der Waals surface area contributed by atoms with Crippen LogP contribution in [-0.2, 0) is 12.7 Å². The van der Waals surface area contributed by atoms with E-state index in [0.29, 0.717) is 5.02 Å². The van der Waals surface area contributed by atoms with Crippen LogP contribution in [0.15, 0.2) is 54.9 Å². The molecule has 0 aliphatic rings. The van der Waals surface area contributed by atoms with Gasteiger partial charge in [0.15, 0.2) is 0 Å². The van der Waals surface area contributed by atoms with Crippen LogP contribution in [0.2, 0.25) is 5.02 Å². The molecule has 3 rings (SSSR count). The quantitative estimate of drug-likeness (QED) is 0.406. The summed E-state index contributed by atoms with van der Waals surface area (Å²) in [6, 6.07) is 11.4. The zero-order valence-electron chi connectivity index (χ0n) is 14.6. The summed E-state index contributed by atoms with van der Waals surface area (Å²) >= 11 is 5.82. The van der Waals surface area contributed by atoms with Crippen LogP contribution in [-0.4, -0.2) is 14.9 Å². The molecule has 2 aromatic carbocycles. The molecule has 3 aromatic rings. The summed E-state index contributed by atoms with van der Waals surface area (Å²) in [5.74, 6) is -0.493. The van der Waals surface area contributed by atoms with Gasteiger partial charge in [0, 0.05) is 11.6 Å².